The van der Waals surface area contributed by atoms with E-state index >= 15 is 0 Å². The topological polar surface area (TPSA) is 32.7 Å². The number of aliphatic hydroxyl groups is 1. The zero-order chi connectivity index (χ0) is 15.4. The van der Waals surface area contributed by atoms with Crippen molar-refractivity contribution in [2.75, 3.05) is 19.7 Å². The second-order valence-electron chi connectivity index (χ2n) is 6.57. The van der Waals surface area contributed by atoms with Crippen molar-refractivity contribution in [2.24, 2.45) is 0 Å². The molecular weight excluding hydrogens is 274 g/mol. The number of hydrogen-bond donors (Lipinski definition) is 1. The lowest BCUT2D eigenvalue weighted by molar-refractivity contribution is 0.133. The summed E-state index contributed by atoms with van der Waals surface area (Å²) in [5.41, 5.74) is 2.93. The van der Waals surface area contributed by atoms with Crippen LogP contribution in [0.15, 0.2) is 30.5 Å². The quantitative estimate of drug-likeness (QED) is 0.639. The lowest BCUT2D eigenvalue weighted by Crippen LogP contribution is -2.41. The number of allylic oxidation sites excluding steroid dienone is 1. The minimum absolute atomic E-state index is 0.238. The van der Waals surface area contributed by atoms with Gasteiger partial charge in [-0.15, -0.1) is 0 Å². The SMILES string of the molecule is C=C(O)CCCOc1ccc2c(c1)CCN(C1CCC1)CC2. The highest BCUT2D eigenvalue weighted by molar-refractivity contribution is 5.37. The van der Waals surface area contributed by atoms with Crippen molar-refractivity contribution in [3.05, 3.63) is 41.7 Å². The molecule has 1 aromatic carbocycles. The zero-order valence-electron chi connectivity index (χ0n) is 13.4. The first-order valence-corrected chi connectivity index (χ1v) is 8.58. The highest BCUT2D eigenvalue weighted by Gasteiger charge is 2.26. The van der Waals surface area contributed by atoms with Crippen LogP contribution in [0.5, 0.6) is 5.75 Å². The van der Waals surface area contributed by atoms with Crippen LogP contribution in [0.4, 0.5) is 0 Å². The summed E-state index contributed by atoms with van der Waals surface area (Å²) in [6.45, 7) is 6.52. The highest BCUT2D eigenvalue weighted by atomic mass is 16.5. The normalized spacial score (nSPS) is 19.1. The number of ether oxygens (including phenoxy) is 1. The fraction of sp³-hybridized carbons (Fsp3) is 0.579. The molecule has 2 aliphatic rings. The summed E-state index contributed by atoms with van der Waals surface area (Å²) in [7, 11) is 0. The zero-order valence-corrected chi connectivity index (χ0v) is 13.4. The number of benzene rings is 1. The first kappa shape index (κ1) is 15.4. The van der Waals surface area contributed by atoms with Gasteiger partial charge in [0.05, 0.1) is 12.4 Å². The molecule has 0 amide bonds. The summed E-state index contributed by atoms with van der Waals surface area (Å²) in [6, 6.07) is 7.38. The van der Waals surface area contributed by atoms with Gasteiger partial charge in [0.15, 0.2) is 0 Å². The number of nitrogens with zero attached hydrogens (tertiary/aromatic N) is 1. The number of aliphatic hydroxyl groups excluding tert-OH is 1. The molecule has 0 bridgehead atoms. The van der Waals surface area contributed by atoms with E-state index in [0.717, 1.165) is 31.1 Å². The molecule has 1 aromatic rings. The van der Waals surface area contributed by atoms with Gasteiger partial charge in [-0.05, 0) is 55.4 Å². The maximum Gasteiger partial charge on any atom is 0.119 e. The van der Waals surface area contributed by atoms with Gasteiger partial charge >= 0.3 is 0 Å². The van der Waals surface area contributed by atoms with Gasteiger partial charge in [0.25, 0.3) is 0 Å². The molecule has 1 N–H and O–H groups in total. The van der Waals surface area contributed by atoms with Gasteiger partial charge in [-0.1, -0.05) is 19.1 Å². The van der Waals surface area contributed by atoms with Crippen molar-refractivity contribution in [1.82, 2.24) is 4.90 Å². The van der Waals surface area contributed by atoms with E-state index in [4.69, 9.17) is 9.84 Å². The van der Waals surface area contributed by atoms with Crippen molar-refractivity contribution in [3.63, 3.8) is 0 Å². The third kappa shape index (κ3) is 3.83. The molecule has 3 nitrogen and oxygen atoms in total. The van der Waals surface area contributed by atoms with Gasteiger partial charge in [0.2, 0.25) is 0 Å². The van der Waals surface area contributed by atoms with E-state index in [9.17, 15) is 0 Å². The molecular formula is C19H27NO2. The Morgan fingerprint density at radius 3 is 2.68 bits per heavy atom. The predicted octanol–water partition coefficient (Wildman–Crippen LogP) is 3.87. The third-order valence-electron chi connectivity index (χ3n) is 4.98. The summed E-state index contributed by atoms with van der Waals surface area (Å²) in [5, 5.41) is 9.08. The maximum atomic E-state index is 9.08. The molecule has 1 aliphatic heterocycles. The molecule has 1 saturated carbocycles. The van der Waals surface area contributed by atoms with Crippen LogP contribution in [0.25, 0.3) is 0 Å². The van der Waals surface area contributed by atoms with E-state index in [-0.39, 0.29) is 5.76 Å². The molecule has 0 spiro atoms. The summed E-state index contributed by atoms with van der Waals surface area (Å²) in [5.74, 6) is 1.20. The second kappa shape index (κ2) is 7.19. The van der Waals surface area contributed by atoms with Gasteiger partial charge in [0, 0.05) is 25.6 Å². The Balaban J connectivity index is 1.55. The molecule has 1 heterocycles. The largest absolute Gasteiger partial charge is 0.513 e. The fourth-order valence-corrected chi connectivity index (χ4v) is 3.39. The Morgan fingerprint density at radius 1 is 1.23 bits per heavy atom. The van der Waals surface area contributed by atoms with Crippen LogP contribution < -0.4 is 4.74 Å². The fourth-order valence-electron chi connectivity index (χ4n) is 3.39. The number of rotatable bonds is 6. The highest BCUT2D eigenvalue weighted by Crippen LogP contribution is 2.28. The van der Waals surface area contributed by atoms with Crippen LogP contribution >= 0.6 is 0 Å². The Labute approximate surface area is 133 Å². The van der Waals surface area contributed by atoms with Crippen LogP contribution in [0.3, 0.4) is 0 Å². The minimum Gasteiger partial charge on any atom is -0.513 e. The van der Waals surface area contributed by atoms with Crippen LogP contribution in [0, 0.1) is 0 Å². The molecule has 0 radical (unpaired) electrons. The molecule has 0 unspecified atom stereocenters. The van der Waals surface area contributed by atoms with E-state index in [0.29, 0.717) is 13.0 Å². The minimum atomic E-state index is 0.238. The van der Waals surface area contributed by atoms with Gasteiger partial charge < -0.3 is 9.84 Å². The van der Waals surface area contributed by atoms with Crippen LogP contribution in [0.1, 0.15) is 43.2 Å². The monoisotopic (exact) mass is 301 g/mol. The molecule has 0 atom stereocenters. The predicted molar refractivity (Wildman–Crippen MR) is 89.6 cm³/mol. The Bertz CT molecular complexity index is 522. The lowest BCUT2D eigenvalue weighted by Gasteiger charge is -2.36. The Hall–Kier alpha value is -1.48. The van der Waals surface area contributed by atoms with Crippen molar-refractivity contribution in [2.45, 2.75) is 51.0 Å². The molecule has 0 saturated heterocycles. The summed E-state index contributed by atoms with van der Waals surface area (Å²) < 4.78 is 5.80. The van der Waals surface area contributed by atoms with Gasteiger partial charge in [-0.3, -0.25) is 4.90 Å². The summed E-state index contributed by atoms with van der Waals surface area (Å²) in [4.78, 5) is 2.68. The molecule has 1 fully saturated rings. The first-order chi connectivity index (χ1) is 10.7. The average molecular weight is 301 g/mol. The van der Waals surface area contributed by atoms with Crippen molar-refractivity contribution in [1.29, 1.82) is 0 Å². The molecule has 3 rings (SSSR count). The van der Waals surface area contributed by atoms with Gasteiger partial charge in [-0.2, -0.15) is 0 Å². The maximum absolute atomic E-state index is 9.08. The van der Waals surface area contributed by atoms with E-state index in [1.54, 1.807) is 0 Å². The standard InChI is InChI=1S/C19H27NO2/c1-15(21)4-3-13-22-19-8-7-16-9-11-20(18-5-2-6-18)12-10-17(16)14-19/h7-8,14,18,21H,1-6,9-13H2. The number of hydrogen-bond acceptors (Lipinski definition) is 3. The lowest BCUT2D eigenvalue weighted by atomic mass is 9.91. The van der Waals surface area contributed by atoms with Crippen LogP contribution in [-0.4, -0.2) is 35.7 Å². The molecule has 22 heavy (non-hydrogen) atoms. The van der Waals surface area contributed by atoms with Crippen molar-refractivity contribution < 1.29 is 9.84 Å². The van der Waals surface area contributed by atoms with E-state index in [1.807, 2.05) is 0 Å². The van der Waals surface area contributed by atoms with Crippen LogP contribution in [-0.2, 0) is 12.8 Å². The van der Waals surface area contributed by atoms with Gasteiger partial charge in [0.1, 0.15) is 5.75 Å². The van der Waals surface area contributed by atoms with Crippen LogP contribution in [0.2, 0.25) is 0 Å². The third-order valence-corrected chi connectivity index (χ3v) is 4.98. The molecule has 3 heteroatoms. The molecule has 1 aliphatic carbocycles. The molecule has 120 valence electrons. The average Bonchev–Trinajstić information content (AvgIpc) is 2.64. The smallest absolute Gasteiger partial charge is 0.119 e. The van der Waals surface area contributed by atoms with E-state index in [1.165, 1.54) is 43.5 Å². The Kier molecular flexibility index (Phi) is 5.04. The van der Waals surface area contributed by atoms with E-state index in [2.05, 4.69) is 29.7 Å². The Morgan fingerprint density at radius 2 is 2.00 bits per heavy atom. The van der Waals surface area contributed by atoms with Gasteiger partial charge in [-0.25, -0.2) is 0 Å². The molecule has 0 aromatic heterocycles. The summed E-state index contributed by atoms with van der Waals surface area (Å²) >= 11 is 0. The summed E-state index contributed by atoms with van der Waals surface area (Å²) in [6.07, 6.45) is 7.91. The second-order valence-corrected chi connectivity index (χ2v) is 6.57. The number of fused-ring (bicyclic) bond motifs is 1. The van der Waals surface area contributed by atoms with Crippen molar-refractivity contribution >= 4 is 0 Å². The van der Waals surface area contributed by atoms with E-state index < -0.39 is 0 Å². The van der Waals surface area contributed by atoms with Crippen molar-refractivity contribution in [3.8, 4) is 5.75 Å². The first-order valence-electron chi connectivity index (χ1n) is 8.58.